The lowest BCUT2D eigenvalue weighted by molar-refractivity contribution is 0.0731. The van der Waals surface area contributed by atoms with E-state index in [4.69, 9.17) is 5.11 Å². The van der Waals surface area contributed by atoms with Crippen molar-refractivity contribution in [1.29, 1.82) is 0 Å². The van der Waals surface area contributed by atoms with Gasteiger partial charge >= 0.3 is 0 Å². The minimum atomic E-state index is -1.02. The second kappa shape index (κ2) is 6.46. The summed E-state index contributed by atoms with van der Waals surface area (Å²) in [5.41, 5.74) is 2.02. The molecule has 3 aromatic heterocycles. The second-order valence-corrected chi connectivity index (χ2v) is 6.32. The maximum absolute atomic E-state index is 13.0. The van der Waals surface area contributed by atoms with Gasteiger partial charge in [0.05, 0.1) is 24.5 Å². The van der Waals surface area contributed by atoms with Crippen molar-refractivity contribution in [2.45, 2.75) is 32.5 Å². The molecule has 10 heteroatoms. The van der Waals surface area contributed by atoms with Gasteiger partial charge in [0.15, 0.2) is 0 Å². The first kappa shape index (κ1) is 16.6. The number of carbonyl (C=O) groups is 1. The zero-order valence-corrected chi connectivity index (χ0v) is 14.3. The van der Waals surface area contributed by atoms with Gasteiger partial charge in [-0.15, -0.1) is 10.2 Å². The fourth-order valence-electron chi connectivity index (χ4n) is 3.08. The number of carbonyl (C=O) groups excluding carboxylic acids is 1. The van der Waals surface area contributed by atoms with Crippen LogP contribution in [0.15, 0.2) is 18.3 Å². The number of aromatic nitrogens is 6. The quantitative estimate of drug-likeness (QED) is 0.660. The van der Waals surface area contributed by atoms with Crippen molar-refractivity contribution < 1.29 is 15.0 Å². The summed E-state index contributed by atoms with van der Waals surface area (Å²) in [6.07, 6.45) is 1.44. The molecule has 0 bridgehead atoms. The summed E-state index contributed by atoms with van der Waals surface area (Å²) in [6, 6.07) is 3.52. The maximum Gasteiger partial charge on any atom is 0.292 e. The van der Waals surface area contributed by atoms with Crippen molar-refractivity contribution in [2.75, 3.05) is 13.2 Å². The summed E-state index contributed by atoms with van der Waals surface area (Å²) in [5.74, 6) is 0.375. The summed E-state index contributed by atoms with van der Waals surface area (Å²) >= 11 is 0. The lowest BCUT2D eigenvalue weighted by atomic mass is 10.2. The molecule has 1 atom stereocenters. The van der Waals surface area contributed by atoms with Crippen LogP contribution in [-0.2, 0) is 13.1 Å². The lowest BCUT2D eigenvalue weighted by Gasteiger charge is -2.18. The summed E-state index contributed by atoms with van der Waals surface area (Å²) in [7, 11) is 0. The number of aliphatic hydroxyl groups excluding tert-OH is 2. The standard InChI is InChI=1S/C16H19N7O3/c1-10-3-6-22-14(18-19-16(22)17-10)15(26)21-4-2-5-23-11(8-21)7-12(20-23)13(25)9-24/h3,6-7,13,24-25H,2,4-5,8-9H2,1H3. The highest BCUT2D eigenvalue weighted by molar-refractivity contribution is 5.91. The number of hydrogen-bond donors (Lipinski definition) is 2. The van der Waals surface area contributed by atoms with Gasteiger partial charge in [-0.3, -0.25) is 13.9 Å². The van der Waals surface area contributed by atoms with Gasteiger partial charge in [-0.25, -0.2) is 4.98 Å². The van der Waals surface area contributed by atoms with Crippen LogP contribution in [0.2, 0.25) is 0 Å². The molecule has 3 aromatic rings. The highest BCUT2D eigenvalue weighted by Crippen LogP contribution is 2.19. The Morgan fingerprint density at radius 2 is 2.19 bits per heavy atom. The number of aryl methyl sites for hydroxylation is 2. The number of aliphatic hydroxyl groups is 2. The topological polar surface area (TPSA) is 122 Å². The van der Waals surface area contributed by atoms with Gasteiger partial charge in [-0.2, -0.15) is 5.10 Å². The van der Waals surface area contributed by atoms with Crippen LogP contribution in [-0.4, -0.2) is 63.5 Å². The highest BCUT2D eigenvalue weighted by Gasteiger charge is 2.26. The van der Waals surface area contributed by atoms with Gasteiger partial charge in [-0.1, -0.05) is 0 Å². The molecule has 0 saturated heterocycles. The highest BCUT2D eigenvalue weighted by atomic mass is 16.3. The van der Waals surface area contributed by atoms with Crippen LogP contribution in [0.4, 0.5) is 0 Å². The molecule has 4 rings (SSSR count). The van der Waals surface area contributed by atoms with Gasteiger partial charge in [0, 0.05) is 25.0 Å². The predicted molar refractivity (Wildman–Crippen MR) is 89.1 cm³/mol. The molecule has 2 N–H and O–H groups in total. The van der Waals surface area contributed by atoms with E-state index in [2.05, 4.69) is 20.3 Å². The molecule has 136 valence electrons. The smallest absolute Gasteiger partial charge is 0.292 e. The normalized spacial score (nSPS) is 15.7. The van der Waals surface area contributed by atoms with E-state index in [0.717, 1.165) is 17.8 Å². The Morgan fingerprint density at radius 1 is 1.35 bits per heavy atom. The van der Waals surface area contributed by atoms with E-state index >= 15 is 0 Å². The molecule has 0 spiro atoms. The van der Waals surface area contributed by atoms with E-state index in [1.165, 1.54) is 0 Å². The van der Waals surface area contributed by atoms with Gasteiger partial charge in [0.2, 0.25) is 5.82 Å². The van der Waals surface area contributed by atoms with Crippen LogP contribution in [0.3, 0.4) is 0 Å². The zero-order valence-electron chi connectivity index (χ0n) is 14.3. The molecule has 4 heterocycles. The van der Waals surface area contributed by atoms with Crippen LogP contribution in [0.1, 0.15) is 40.2 Å². The predicted octanol–water partition coefficient (Wildman–Crippen LogP) is -0.299. The maximum atomic E-state index is 13.0. The minimum Gasteiger partial charge on any atom is -0.393 e. The van der Waals surface area contributed by atoms with Crippen LogP contribution < -0.4 is 0 Å². The van der Waals surface area contributed by atoms with Gasteiger partial charge in [0.1, 0.15) is 6.10 Å². The Morgan fingerprint density at radius 3 is 3.00 bits per heavy atom. The third-order valence-corrected chi connectivity index (χ3v) is 4.44. The summed E-state index contributed by atoms with van der Waals surface area (Å²) < 4.78 is 3.35. The van der Waals surface area contributed by atoms with Crippen LogP contribution in [0.5, 0.6) is 0 Å². The third-order valence-electron chi connectivity index (χ3n) is 4.44. The first-order chi connectivity index (χ1) is 12.6. The van der Waals surface area contributed by atoms with E-state index < -0.39 is 12.7 Å². The molecule has 0 aromatic carbocycles. The SMILES string of the molecule is Cc1ccn2c(C(=O)N3CCCn4nc(C(O)CO)cc4C3)nnc2n1. The fraction of sp³-hybridized carbons (Fsp3) is 0.438. The summed E-state index contributed by atoms with van der Waals surface area (Å²) in [6.45, 7) is 3.01. The Kier molecular flexibility index (Phi) is 4.13. The number of hydrogen-bond acceptors (Lipinski definition) is 7. The second-order valence-electron chi connectivity index (χ2n) is 6.32. The van der Waals surface area contributed by atoms with E-state index in [-0.39, 0.29) is 11.7 Å². The molecule has 1 unspecified atom stereocenters. The van der Waals surface area contributed by atoms with Crippen molar-refractivity contribution in [3.8, 4) is 0 Å². The van der Waals surface area contributed by atoms with E-state index in [1.54, 1.807) is 32.3 Å². The first-order valence-electron chi connectivity index (χ1n) is 8.40. The van der Waals surface area contributed by atoms with E-state index in [1.807, 2.05) is 6.92 Å². The molecule has 1 aliphatic heterocycles. The van der Waals surface area contributed by atoms with Crippen LogP contribution >= 0.6 is 0 Å². The first-order valence-corrected chi connectivity index (χ1v) is 8.40. The number of rotatable bonds is 3. The Balaban J connectivity index is 1.62. The van der Waals surface area contributed by atoms with Crippen molar-refractivity contribution >= 4 is 11.7 Å². The number of nitrogens with zero attached hydrogens (tertiary/aromatic N) is 7. The van der Waals surface area contributed by atoms with Crippen molar-refractivity contribution in [2.24, 2.45) is 0 Å². The number of fused-ring (bicyclic) bond motifs is 2. The monoisotopic (exact) mass is 357 g/mol. The summed E-state index contributed by atoms with van der Waals surface area (Å²) in [4.78, 5) is 18.9. The molecule has 10 nitrogen and oxygen atoms in total. The van der Waals surface area contributed by atoms with Crippen molar-refractivity contribution in [1.82, 2.24) is 34.3 Å². The molecule has 0 saturated carbocycles. The van der Waals surface area contributed by atoms with Crippen LogP contribution in [0.25, 0.3) is 5.78 Å². The Bertz CT molecular complexity index is 964. The number of amides is 1. The average molecular weight is 357 g/mol. The van der Waals surface area contributed by atoms with Crippen molar-refractivity contribution in [3.63, 3.8) is 0 Å². The molecular weight excluding hydrogens is 338 g/mol. The molecule has 1 aliphatic rings. The molecule has 0 radical (unpaired) electrons. The Hall–Kier alpha value is -2.85. The average Bonchev–Trinajstić information content (AvgIpc) is 3.18. The molecule has 26 heavy (non-hydrogen) atoms. The van der Waals surface area contributed by atoms with Gasteiger partial charge in [-0.05, 0) is 25.5 Å². The minimum absolute atomic E-state index is 0.219. The van der Waals surface area contributed by atoms with E-state index in [0.29, 0.717) is 31.1 Å². The fourth-order valence-corrected chi connectivity index (χ4v) is 3.08. The van der Waals surface area contributed by atoms with Crippen LogP contribution in [0, 0.1) is 6.92 Å². The van der Waals surface area contributed by atoms with Crippen molar-refractivity contribution in [3.05, 3.63) is 41.2 Å². The largest absolute Gasteiger partial charge is 0.393 e. The zero-order chi connectivity index (χ0) is 18.3. The Labute approximate surface area is 148 Å². The summed E-state index contributed by atoms with van der Waals surface area (Å²) in [5, 5.41) is 31.2. The van der Waals surface area contributed by atoms with Gasteiger partial charge < -0.3 is 15.1 Å². The van der Waals surface area contributed by atoms with Gasteiger partial charge in [0.25, 0.3) is 11.7 Å². The molecule has 1 amide bonds. The van der Waals surface area contributed by atoms with E-state index in [9.17, 15) is 9.90 Å². The third kappa shape index (κ3) is 2.82. The molecule has 0 aliphatic carbocycles. The lowest BCUT2D eigenvalue weighted by Crippen LogP contribution is -2.32. The molecule has 0 fully saturated rings. The molecular formula is C16H19N7O3.